The van der Waals surface area contributed by atoms with E-state index in [1.165, 1.54) is 77.0 Å². The van der Waals surface area contributed by atoms with E-state index in [2.05, 4.69) is 185 Å². The molecule has 1 unspecified atom stereocenters. The van der Waals surface area contributed by atoms with E-state index in [1.807, 2.05) is 6.08 Å². The van der Waals surface area contributed by atoms with Gasteiger partial charge in [-0.2, -0.15) is 0 Å². The number of carbonyl (C=O) groups is 3. The minimum absolute atomic E-state index is 0.112. The van der Waals surface area contributed by atoms with Crippen LogP contribution in [0.3, 0.4) is 0 Å². The molecule has 0 aliphatic rings. The Kier molecular flexibility index (Phi) is 62.9. The molecule has 0 aliphatic carbocycles. The second-order valence-electron chi connectivity index (χ2n) is 20.9. The van der Waals surface area contributed by atoms with Crippen LogP contribution in [0.2, 0.25) is 0 Å². The lowest BCUT2D eigenvalue weighted by molar-refractivity contribution is -0.166. The van der Waals surface area contributed by atoms with E-state index in [1.54, 1.807) is 0 Å². The quantitative estimate of drug-likeness (QED) is 0.0261. The number of unbranched alkanes of at least 4 members (excludes halogenated alkanes) is 18. The van der Waals surface area contributed by atoms with Gasteiger partial charge < -0.3 is 14.2 Å². The Bertz CT molecular complexity index is 1860. The van der Waals surface area contributed by atoms with E-state index < -0.39 is 6.10 Å². The van der Waals surface area contributed by atoms with Crippen molar-refractivity contribution < 1.29 is 28.6 Å². The van der Waals surface area contributed by atoms with Crippen molar-refractivity contribution in [3.8, 4) is 0 Å². The molecular weight excluding hydrogens is 997 g/mol. The first-order chi connectivity index (χ1) is 40.0. The largest absolute Gasteiger partial charge is 0.462 e. The summed E-state index contributed by atoms with van der Waals surface area (Å²) >= 11 is 0. The third kappa shape index (κ3) is 65.5. The molecular formula is C75H118O6. The van der Waals surface area contributed by atoms with Gasteiger partial charge in [0.15, 0.2) is 6.10 Å². The molecule has 0 aliphatic heterocycles. The van der Waals surface area contributed by atoms with Crippen LogP contribution in [0, 0.1) is 0 Å². The Morgan fingerprint density at radius 3 is 0.765 bits per heavy atom. The first-order valence-corrected chi connectivity index (χ1v) is 32.6. The van der Waals surface area contributed by atoms with Crippen LogP contribution in [0.15, 0.2) is 170 Å². The smallest absolute Gasteiger partial charge is 0.306 e. The maximum Gasteiger partial charge on any atom is 0.306 e. The van der Waals surface area contributed by atoms with Gasteiger partial charge >= 0.3 is 17.9 Å². The van der Waals surface area contributed by atoms with Crippen molar-refractivity contribution in [3.05, 3.63) is 170 Å². The van der Waals surface area contributed by atoms with E-state index in [-0.39, 0.29) is 37.5 Å². The Morgan fingerprint density at radius 1 is 0.247 bits per heavy atom. The van der Waals surface area contributed by atoms with Crippen molar-refractivity contribution >= 4 is 17.9 Å². The van der Waals surface area contributed by atoms with Crippen molar-refractivity contribution in [2.24, 2.45) is 0 Å². The number of allylic oxidation sites excluding steroid dienone is 28. The van der Waals surface area contributed by atoms with E-state index in [9.17, 15) is 14.4 Å². The zero-order valence-electron chi connectivity index (χ0n) is 52.0. The van der Waals surface area contributed by atoms with E-state index in [0.717, 1.165) is 141 Å². The van der Waals surface area contributed by atoms with Crippen molar-refractivity contribution in [3.63, 3.8) is 0 Å². The molecule has 0 aromatic heterocycles. The average Bonchev–Trinajstić information content (AvgIpc) is 3.46. The molecule has 0 N–H and O–H groups in total. The molecule has 0 spiro atoms. The minimum atomic E-state index is -0.822. The van der Waals surface area contributed by atoms with Gasteiger partial charge in [0.1, 0.15) is 13.2 Å². The number of carbonyl (C=O) groups excluding carboxylic acids is 3. The van der Waals surface area contributed by atoms with Crippen LogP contribution in [0.5, 0.6) is 0 Å². The Labute approximate surface area is 498 Å². The maximum atomic E-state index is 12.9. The van der Waals surface area contributed by atoms with Gasteiger partial charge in [-0.1, -0.05) is 281 Å². The summed E-state index contributed by atoms with van der Waals surface area (Å²) in [6, 6.07) is 0. The first-order valence-electron chi connectivity index (χ1n) is 32.6. The predicted molar refractivity (Wildman–Crippen MR) is 352 cm³/mol. The topological polar surface area (TPSA) is 78.9 Å². The third-order valence-corrected chi connectivity index (χ3v) is 13.2. The van der Waals surface area contributed by atoms with Gasteiger partial charge in [0.2, 0.25) is 0 Å². The number of hydrogen-bond acceptors (Lipinski definition) is 6. The lowest BCUT2D eigenvalue weighted by atomic mass is 10.0. The van der Waals surface area contributed by atoms with Gasteiger partial charge in [0.05, 0.1) is 0 Å². The summed E-state index contributed by atoms with van der Waals surface area (Å²) in [5.74, 6) is -1.01. The minimum Gasteiger partial charge on any atom is -0.462 e. The third-order valence-electron chi connectivity index (χ3n) is 13.2. The van der Waals surface area contributed by atoms with Gasteiger partial charge in [-0.3, -0.25) is 14.4 Å². The van der Waals surface area contributed by atoms with Crippen LogP contribution in [-0.2, 0) is 28.6 Å². The van der Waals surface area contributed by atoms with E-state index >= 15 is 0 Å². The van der Waals surface area contributed by atoms with Gasteiger partial charge in [-0.05, 0) is 135 Å². The normalized spacial score (nSPS) is 13.3. The lowest BCUT2D eigenvalue weighted by Crippen LogP contribution is -2.30. The van der Waals surface area contributed by atoms with Gasteiger partial charge in [0.25, 0.3) is 0 Å². The predicted octanol–water partition coefficient (Wildman–Crippen LogP) is 22.7. The zero-order valence-corrected chi connectivity index (χ0v) is 52.0. The molecule has 0 heterocycles. The molecule has 0 aromatic rings. The van der Waals surface area contributed by atoms with Crippen LogP contribution in [0.25, 0.3) is 0 Å². The number of esters is 3. The average molecular weight is 1120 g/mol. The zero-order chi connectivity index (χ0) is 58.5. The fraction of sp³-hybridized carbons (Fsp3) is 0.587. The van der Waals surface area contributed by atoms with Crippen LogP contribution >= 0.6 is 0 Å². The highest BCUT2D eigenvalue weighted by Gasteiger charge is 2.19. The first kappa shape index (κ1) is 75.8. The van der Waals surface area contributed by atoms with Crippen molar-refractivity contribution in [2.45, 2.75) is 271 Å². The van der Waals surface area contributed by atoms with Crippen molar-refractivity contribution in [1.82, 2.24) is 0 Å². The van der Waals surface area contributed by atoms with Crippen molar-refractivity contribution in [1.29, 1.82) is 0 Å². The molecule has 6 heteroatoms. The summed E-state index contributed by atoms with van der Waals surface area (Å²) < 4.78 is 16.8. The second-order valence-corrected chi connectivity index (χ2v) is 20.9. The highest BCUT2D eigenvalue weighted by molar-refractivity contribution is 5.71. The summed E-state index contributed by atoms with van der Waals surface area (Å²) in [6.07, 6.45) is 99.6. The molecule has 0 rings (SSSR count). The molecule has 6 nitrogen and oxygen atoms in total. The molecule has 0 saturated heterocycles. The SMILES string of the molecule is CC/C=C\C/C=C\C/C=C\C/C=C\C/C=C\C/C=C\C/C=C\CCCCCCCCCCCCCC(=O)OCC(COC(=O)CC/C=C\C/C=C\C/C=C\C/C=C\CC)OC(=O)CCCCCCCCC/C=C\C/C=C\C/C=C\CC. The molecule has 1 atom stereocenters. The second kappa shape index (κ2) is 67.3. The summed E-state index contributed by atoms with van der Waals surface area (Å²) in [5.41, 5.74) is 0. The maximum absolute atomic E-state index is 12.9. The Balaban J connectivity index is 4.31. The summed E-state index contributed by atoms with van der Waals surface area (Å²) in [5, 5.41) is 0. The van der Waals surface area contributed by atoms with Crippen LogP contribution in [0.1, 0.15) is 265 Å². The summed E-state index contributed by atoms with van der Waals surface area (Å²) in [6.45, 7) is 6.22. The fourth-order valence-corrected chi connectivity index (χ4v) is 8.45. The molecule has 0 aromatic carbocycles. The Morgan fingerprint density at radius 2 is 0.469 bits per heavy atom. The molecule has 0 bridgehead atoms. The van der Waals surface area contributed by atoms with Crippen LogP contribution < -0.4 is 0 Å². The summed E-state index contributed by atoms with van der Waals surface area (Å²) in [7, 11) is 0. The number of ether oxygens (including phenoxy) is 3. The number of hydrogen-bond donors (Lipinski definition) is 0. The van der Waals surface area contributed by atoms with Crippen molar-refractivity contribution in [2.75, 3.05) is 13.2 Å². The highest BCUT2D eigenvalue weighted by atomic mass is 16.6. The fourth-order valence-electron chi connectivity index (χ4n) is 8.45. The molecule has 0 radical (unpaired) electrons. The molecule has 0 amide bonds. The monoisotopic (exact) mass is 1110 g/mol. The number of rotatable bonds is 57. The standard InChI is InChI=1S/C75H118O6/c1-4-7-10-13-16-19-22-25-27-29-30-31-32-33-34-35-36-37-38-39-40-41-42-43-44-46-47-50-53-56-59-62-65-68-74(77)80-71-72(70-79-73(76)67-64-61-58-55-52-49-24-21-18-15-12-9-6-3)81-75(78)69-66-63-60-57-54-51-48-45-28-26-23-20-17-14-11-8-5-2/h7-12,16-21,25-28,30-31,33-34,36-37,39-40,49,52,58,61,72H,4-6,13-15,22-24,29,32,35,38,41-48,50-51,53-57,59-60,62-71H2,1-3H3/b10-7-,11-8-,12-9-,19-16-,20-17-,21-18-,27-25-,28-26-,31-30-,34-33-,37-36-,40-39-,52-49-,61-58-. The highest BCUT2D eigenvalue weighted by Crippen LogP contribution is 2.15. The molecule has 0 fully saturated rings. The molecule has 454 valence electrons. The Hall–Kier alpha value is -5.23. The van der Waals surface area contributed by atoms with E-state index in [0.29, 0.717) is 19.3 Å². The van der Waals surface area contributed by atoms with E-state index in [4.69, 9.17) is 14.2 Å². The molecule has 81 heavy (non-hydrogen) atoms. The van der Waals surface area contributed by atoms with Gasteiger partial charge in [-0.15, -0.1) is 0 Å². The van der Waals surface area contributed by atoms with Crippen LogP contribution in [0.4, 0.5) is 0 Å². The van der Waals surface area contributed by atoms with Crippen LogP contribution in [-0.4, -0.2) is 37.2 Å². The van der Waals surface area contributed by atoms with Gasteiger partial charge in [0, 0.05) is 19.3 Å². The lowest BCUT2D eigenvalue weighted by Gasteiger charge is -2.18. The summed E-state index contributed by atoms with van der Waals surface area (Å²) in [4.78, 5) is 38.2. The molecule has 0 saturated carbocycles. The van der Waals surface area contributed by atoms with Gasteiger partial charge in [-0.25, -0.2) is 0 Å².